The number of pyridine rings is 1. The molecule has 94 valence electrons. The number of hydrogen-bond acceptors (Lipinski definition) is 4. The number of aliphatic hydroxyl groups is 1. The standard InChI is InChI=1S/C14H15NO3/c1-2-17-13-4-3-5-14(15-13)18-12-8-6-11(10-16)7-9-12/h3-9,16H,2,10H2,1H3. The number of nitrogens with zero attached hydrogens (tertiary/aromatic N) is 1. The lowest BCUT2D eigenvalue weighted by atomic mass is 10.2. The van der Waals surface area contributed by atoms with Gasteiger partial charge in [-0.15, -0.1) is 0 Å². The Morgan fingerprint density at radius 2 is 1.78 bits per heavy atom. The Labute approximate surface area is 106 Å². The maximum atomic E-state index is 8.94. The lowest BCUT2D eigenvalue weighted by Gasteiger charge is -2.07. The molecule has 0 saturated heterocycles. The van der Waals surface area contributed by atoms with Gasteiger partial charge in [0.05, 0.1) is 13.2 Å². The summed E-state index contributed by atoms with van der Waals surface area (Å²) in [4.78, 5) is 4.21. The normalized spacial score (nSPS) is 10.1. The molecule has 0 aliphatic heterocycles. The van der Waals surface area contributed by atoms with Crippen LogP contribution in [0.5, 0.6) is 17.5 Å². The third kappa shape index (κ3) is 3.21. The molecular weight excluding hydrogens is 230 g/mol. The summed E-state index contributed by atoms with van der Waals surface area (Å²) in [5, 5.41) is 8.94. The highest BCUT2D eigenvalue weighted by atomic mass is 16.5. The van der Waals surface area contributed by atoms with Crippen molar-refractivity contribution < 1.29 is 14.6 Å². The molecule has 0 aliphatic carbocycles. The van der Waals surface area contributed by atoms with Crippen LogP contribution < -0.4 is 9.47 Å². The Hall–Kier alpha value is -2.07. The second-order valence-electron chi connectivity index (χ2n) is 3.65. The fourth-order valence-corrected chi connectivity index (χ4v) is 1.46. The van der Waals surface area contributed by atoms with Gasteiger partial charge < -0.3 is 14.6 Å². The Balaban J connectivity index is 2.09. The van der Waals surface area contributed by atoms with Gasteiger partial charge in [0.2, 0.25) is 11.8 Å². The first-order valence-corrected chi connectivity index (χ1v) is 5.79. The van der Waals surface area contributed by atoms with Crippen LogP contribution in [-0.2, 0) is 6.61 Å². The average Bonchev–Trinajstić information content (AvgIpc) is 2.40. The van der Waals surface area contributed by atoms with Crippen molar-refractivity contribution in [3.05, 3.63) is 48.0 Å². The number of ether oxygens (including phenoxy) is 2. The molecule has 0 amide bonds. The minimum absolute atomic E-state index is 0.0261. The Kier molecular flexibility index (Phi) is 4.15. The highest BCUT2D eigenvalue weighted by Gasteiger charge is 2.01. The van der Waals surface area contributed by atoms with E-state index >= 15 is 0 Å². The van der Waals surface area contributed by atoms with Crippen molar-refractivity contribution in [1.82, 2.24) is 4.98 Å². The van der Waals surface area contributed by atoms with Gasteiger partial charge in [0, 0.05) is 12.1 Å². The van der Waals surface area contributed by atoms with E-state index in [1.807, 2.05) is 25.1 Å². The second-order valence-corrected chi connectivity index (χ2v) is 3.65. The zero-order chi connectivity index (χ0) is 12.8. The highest BCUT2D eigenvalue weighted by molar-refractivity contribution is 5.31. The highest BCUT2D eigenvalue weighted by Crippen LogP contribution is 2.21. The molecule has 4 heteroatoms. The molecule has 0 unspecified atom stereocenters. The summed E-state index contributed by atoms with van der Waals surface area (Å²) < 4.78 is 10.9. The maximum Gasteiger partial charge on any atom is 0.222 e. The number of rotatable bonds is 5. The number of hydrogen-bond donors (Lipinski definition) is 1. The van der Waals surface area contributed by atoms with Crippen LogP contribution in [0.15, 0.2) is 42.5 Å². The molecule has 2 aromatic rings. The Morgan fingerprint density at radius 3 is 2.44 bits per heavy atom. The summed E-state index contributed by atoms with van der Waals surface area (Å²) in [6.07, 6.45) is 0. The topological polar surface area (TPSA) is 51.6 Å². The summed E-state index contributed by atoms with van der Waals surface area (Å²) in [6.45, 7) is 2.50. The van der Waals surface area contributed by atoms with Crippen molar-refractivity contribution in [2.24, 2.45) is 0 Å². The average molecular weight is 245 g/mol. The summed E-state index contributed by atoms with van der Waals surface area (Å²) in [5.41, 5.74) is 0.846. The molecule has 0 saturated carbocycles. The van der Waals surface area contributed by atoms with E-state index < -0.39 is 0 Å². The van der Waals surface area contributed by atoms with Crippen LogP contribution in [-0.4, -0.2) is 16.7 Å². The van der Waals surface area contributed by atoms with Crippen LogP contribution in [0, 0.1) is 0 Å². The molecule has 1 aromatic carbocycles. The monoisotopic (exact) mass is 245 g/mol. The molecule has 1 N–H and O–H groups in total. The third-order valence-corrected chi connectivity index (χ3v) is 2.32. The Morgan fingerprint density at radius 1 is 1.06 bits per heavy atom. The van der Waals surface area contributed by atoms with Crippen molar-refractivity contribution in [1.29, 1.82) is 0 Å². The number of benzene rings is 1. The third-order valence-electron chi connectivity index (χ3n) is 2.32. The van der Waals surface area contributed by atoms with E-state index in [1.54, 1.807) is 24.3 Å². The zero-order valence-corrected chi connectivity index (χ0v) is 10.2. The predicted octanol–water partition coefficient (Wildman–Crippen LogP) is 2.76. The van der Waals surface area contributed by atoms with Gasteiger partial charge in [0.15, 0.2) is 0 Å². The molecule has 2 rings (SSSR count). The van der Waals surface area contributed by atoms with Crippen LogP contribution >= 0.6 is 0 Å². The van der Waals surface area contributed by atoms with Crippen LogP contribution in [0.3, 0.4) is 0 Å². The molecule has 1 aromatic heterocycles. The quantitative estimate of drug-likeness (QED) is 0.880. The molecule has 18 heavy (non-hydrogen) atoms. The lowest BCUT2D eigenvalue weighted by Crippen LogP contribution is -1.95. The van der Waals surface area contributed by atoms with Crippen molar-refractivity contribution in [2.75, 3.05) is 6.61 Å². The minimum Gasteiger partial charge on any atom is -0.478 e. The predicted molar refractivity (Wildman–Crippen MR) is 67.8 cm³/mol. The van der Waals surface area contributed by atoms with Gasteiger partial charge in [0.1, 0.15) is 5.75 Å². The van der Waals surface area contributed by atoms with Crippen molar-refractivity contribution in [2.45, 2.75) is 13.5 Å². The van der Waals surface area contributed by atoms with Crippen molar-refractivity contribution in [3.63, 3.8) is 0 Å². The first kappa shape index (κ1) is 12.4. The molecule has 0 aliphatic rings. The first-order valence-electron chi connectivity index (χ1n) is 5.79. The van der Waals surface area contributed by atoms with Gasteiger partial charge in [-0.25, -0.2) is 0 Å². The molecule has 0 atom stereocenters. The fraction of sp³-hybridized carbons (Fsp3) is 0.214. The van der Waals surface area contributed by atoms with E-state index in [-0.39, 0.29) is 6.61 Å². The smallest absolute Gasteiger partial charge is 0.222 e. The minimum atomic E-state index is 0.0261. The number of aliphatic hydroxyl groups excluding tert-OH is 1. The first-order chi connectivity index (χ1) is 8.81. The van der Waals surface area contributed by atoms with Gasteiger partial charge in [0.25, 0.3) is 0 Å². The molecule has 0 spiro atoms. The van der Waals surface area contributed by atoms with Crippen LogP contribution in [0.2, 0.25) is 0 Å². The number of aromatic nitrogens is 1. The maximum absolute atomic E-state index is 8.94. The van der Waals surface area contributed by atoms with E-state index in [0.717, 1.165) is 5.56 Å². The van der Waals surface area contributed by atoms with Gasteiger partial charge in [-0.1, -0.05) is 18.2 Å². The largest absolute Gasteiger partial charge is 0.478 e. The molecule has 0 bridgehead atoms. The van der Waals surface area contributed by atoms with Crippen LogP contribution in [0.4, 0.5) is 0 Å². The Bertz CT molecular complexity index is 497. The molecule has 4 nitrogen and oxygen atoms in total. The van der Waals surface area contributed by atoms with Gasteiger partial charge >= 0.3 is 0 Å². The van der Waals surface area contributed by atoms with Gasteiger partial charge in [-0.3, -0.25) is 0 Å². The van der Waals surface area contributed by atoms with Crippen LogP contribution in [0.1, 0.15) is 12.5 Å². The molecule has 1 heterocycles. The van der Waals surface area contributed by atoms with E-state index in [2.05, 4.69) is 4.98 Å². The lowest BCUT2D eigenvalue weighted by molar-refractivity contribution is 0.281. The SMILES string of the molecule is CCOc1cccc(Oc2ccc(CO)cc2)n1. The second kappa shape index (κ2) is 6.02. The molecule has 0 radical (unpaired) electrons. The molecule has 0 fully saturated rings. The fourth-order valence-electron chi connectivity index (χ4n) is 1.46. The van der Waals surface area contributed by atoms with Crippen molar-refractivity contribution >= 4 is 0 Å². The molecular formula is C14H15NO3. The van der Waals surface area contributed by atoms with E-state index in [4.69, 9.17) is 14.6 Å². The van der Waals surface area contributed by atoms with Crippen molar-refractivity contribution in [3.8, 4) is 17.5 Å². The summed E-state index contributed by atoms with van der Waals surface area (Å²) in [7, 11) is 0. The summed E-state index contributed by atoms with van der Waals surface area (Å²) >= 11 is 0. The summed E-state index contributed by atoms with van der Waals surface area (Å²) in [6, 6.07) is 12.6. The van der Waals surface area contributed by atoms with Gasteiger partial charge in [-0.05, 0) is 24.6 Å². The van der Waals surface area contributed by atoms with E-state index in [1.165, 1.54) is 0 Å². The summed E-state index contributed by atoms with van der Waals surface area (Å²) in [5.74, 6) is 1.70. The van der Waals surface area contributed by atoms with Gasteiger partial charge in [-0.2, -0.15) is 4.98 Å². The van der Waals surface area contributed by atoms with E-state index in [9.17, 15) is 0 Å². The van der Waals surface area contributed by atoms with Crippen LogP contribution in [0.25, 0.3) is 0 Å². The van der Waals surface area contributed by atoms with E-state index in [0.29, 0.717) is 24.1 Å². The zero-order valence-electron chi connectivity index (χ0n) is 10.2.